The zero-order valence-corrected chi connectivity index (χ0v) is 14.6. The molecular weight excluding hydrogens is 320 g/mol. The van der Waals surface area contributed by atoms with Gasteiger partial charge in [-0.2, -0.15) is 0 Å². The molecule has 1 saturated heterocycles. The van der Waals surface area contributed by atoms with Gasteiger partial charge in [-0.25, -0.2) is 0 Å². The number of carbonyl (C=O) groups is 2. The maximum atomic E-state index is 12.7. The molecule has 24 heavy (non-hydrogen) atoms. The molecule has 0 radical (unpaired) electrons. The monoisotopic (exact) mass is 342 g/mol. The van der Waals surface area contributed by atoms with Crippen LogP contribution in [-0.4, -0.2) is 29.3 Å². The lowest BCUT2D eigenvalue weighted by atomic mass is 9.99. The lowest BCUT2D eigenvalue weighted by molar-refractivity contribution is 0.0608. The van der Waals surface area contributed by atoms with Crippen LogP contribution >= 0.6 is 11.3 Å². The second kappa shape index (κ2) is 7.62. The van der Waals surface area contributed by atoms with E-state index >= 15 is 0 Å². The number of hydrogen-bond donors (Lipinski definition) is 1. The van der Waals surface area contributed by atoms with E-state index in [9.17, 15) is 9.59 Å². The SMILES string of the molecule is CC[C@@H]1CCCCN1C(=O)c1ccc(NC(=O)c2cccs2)cc1. The molecule has 1 N–H and O–H groups in total. The van der Waals surface area contributed by atoms with Gasteiger partial charge in [-0.1, -0.05) is 13.0 Å². The lowest BCUT2D eigenvalue weighted by Crippen LogP contribution is -2.43. The fourth-order valence-electron chi connectivity index (χ4n) is 3.15. The highest BCUT2D eigenvalue weighted by atomic mass is 32.1. The number of hydrogen-bond acceptors (Lipinski definition) is 3. The summed E-state index contributed by atoms with van der Waals surface area (Å²) in [6.45, 7) is 2.98. The first-order valence-electron chi connectivity index (χ1n) is 8.45. The molecule has 4 nitrogen and oxygen atoms in total. The van der Waals surface area contributed by atoms with E-state index < -0.39 is 0 Å². The summed E-state index contributed by atoms with van der Waals surface area (Å²) < 4.78 is 0. The molecule has 0 spiro atoms. The molecule has 2 aromatic rings. The van der Waals surface area contributed by atoms with E-state index in [1.54, 1.807) is 30.3 Å². The van der Waals surface area contributed by atoms with Crippen molar-refractivity contribution in [1.82, 2.24) is 4.90 Å². The molecule has 1 aromatic heterocycles. The summed E-state index contributed by atoms with van der Waals surface area (Å²) in [7, 11) is 0. The van der Waals surface area contributed by atoms with Gasteiger partial charge in [-0.3, -0.25) is 9.59 Å². The number of carbonyl (C=O) groups excluding carboxylic acids is 2. The van der Waals surface area contributed by atoms with E-state index in [-0.39, 0.29) is 11.8 Å². The number of amides is 2. The Bertz CT molecular complexity index is 695. The number of rotatable bonds is 4. The smallest absolute Gasteiger partial charge is 0.265 e. The molecule has 1 atom stereocenters. The van der Waals surface area contributed by atoms with E-state index in [1.807, 2.05) is 16.3 Å². The summed E-state index contributed by atoms with van der Waals surface area (Å²) >= 11 is 1.41. The third-order valence-corrected chi connectivity index (χ3v) is 5.36. The minimum Gasteiger partial charge on any atom is -0.336 e. The second-order valence-electron chi connectivity index (χ2n) is 6.07. The molecule has 0 unspecified atom stereocenters. The summed E-state index contributed by atoms with van der Waals surface area (Å²) in [6.07, 6.45) is 4.38. The van der Waals surface area contributed by atoms with Crippen molar-refractivity contribution >= 4 is 28.8 Å². The Hall–Kier alpha value is -2.14. The van der Waals surface area contributed by atoms with Gasteiger partial charge in [0, 0.05) is 23.8 Å². The Morgan fingerprint density at radius 3 is 2.67 bits per heavy atom. The highest BCUT2D eigenvalue weighted by Crippen LogP contribution is 2.22. The molecule has 3 rings (SSSR count). The first-order chi connectivity index (χ1) is 11.7. The van der Waals surface area contributed by atoms with Crippen LogP contribution in [0, 0.1) is 0 Å². The fourth-order valence-corrected chi connectivity index (χ4v) is 3.77. The van der Waals surface area contributed by atoms with E-state index in [1.165, 1.54) is 17.8 Å². The van der Waals surface area contributed by atoms with Crippen LogP contribution < -0.4 is 5.32 Å². The highest BCUT2D eigenvalue weighted by molar-refractivity contribution is 7.12. The molecular formula is C19H22N2O2S. The molecule has 1 aliphatic rings. The quantitative estimate of drug-likeness (QED) is 0.895. The van der Waals surface area contributed by atoms with E-state index in [0.717, 1.165) is 25.8 Å². The minimum atomic E-state index is -0.119. The Morgan fingerprint density at radius 2 is 2.00 bits per heavy atom. The summed E-state index contributed by atoms with van der Waals surface area (Å²) in [5.41, 5.74) is 1.39. The van der Waals surface area contributed by atoms with Crippen LogP contribution in [0.2, 0.25) is 0 Å². The van der Waals surface area contributed by atoms with Gasteiger partial charge in [0.25, 0.3) is 11.8 Å². The van der Waals surface area contributed by atoms with Crippen molar-refractivity contribution in [3.8, 4) is 0 Å². The third kappa shape index (κ3) is 3.67. The van der Waals surface area contributed by atoms with Crippen molar-refractivity contribution in [3.05, 3.63) is 52.2 Å². The second-order valence-corrected chi connectivity index (χ2v) is 7.01. The molecule has 0 saturated carbocycles. The lowest BCUT2D eigenvalue weighted by Gasteiger charge is -2.35. The summed E-state index contributed by atoms with van der Waals surface area (Å²) in [5, 5.41) is 4.73. The molecule has 5 heteroatoms. The van der Waals surface area contributed by atoms with Crippen molar-refractivity contribution in [1.29, 1.82) is 0 Å². The predicted molar refractivity (Wildman–Crippen MR) is 97.7 cm³/mol. The van der Waals surface area contributed by atoms with Crippen LogP contribution in [0.15, 0.2) is 41.8 Å². The Kier molecular flexibility index (Phi) is 5.30. The maximum Gasteiger partial charge on any atom is 0.265 e. The Labute approximate surface area is 146 Å². The summed E-state index contributed by atoms with van der Waals surface area (Å²) in [5.74, 6) is -0.0242. The molecule has 1 fully saturated rings. The van der Waals surface area contributed by atoms with Gasteiger partial charge in [0.1, 0.15) is 0 Å². The number of benzene rings is 1. The number of nitrogens with zero attached hydrogens (tertiary/aromatic N) is 1. The van der Waals surface area contributed by atoms with E-state index in [4.69, 9.17) is 0 Å². The van der Waals surface area contributed by atoms with Crippen LogP contribution in [-0.2, 0) is 0 Å². The van der Waals surface area contributed by atoms with Crippen molar-refractivity contribution in [2.45, 2.75) is 38.6 Å². The molecule has 1 aliphatic heterocycles. The Balaban J connectivity index is 1.67. The third-order valence-electron chi connectivity index (χ3n) is 4.49. The van der Waals surface area contributed by atoms with E-state index in [2.05, 4.69) is 12.2 Å². The maximum absolute atomic E-state index is 12.7. The zero-order chi connectivity index (χ0) is 16.9. The van der Waals surface area contributed by atoms with Gasteiger partial charge in [0.2, 0.25) is 0 Å². The number of thiophene rings is 1. The molecule has 0 aliphatic carbocycles. The first kappa shape index (κ1) is 16.7. The number of likely N-dealkylation sites (tertiary alicyclic amines) is 1. The largest absolute Gasteiger partial charge is 0.336 e. The topological polar surface area (TPSA) is 49.4 Å². The standard InChI is InChI=1S/C19H22N2O2S/c1-2-16-6-3-4-12-21(16)19(23)14-8-10-15(11-9-14)20-18(22)17-7-5-13-24-17/h5,7-11,13,16H,2-4,6,12H2,1H3,(H,20,22)/t16-/m1/s1. The van der Waals surface area contributed by atoms with Crippen molar-refractivity contribution in [3.63, 3.8) is 0 Å². The fraction of sp³-hybridized carbons (Fsp3) is 0.368. The van der Waals surface area contributed by atoms with Crippen LogP contribution in [0.1, 0.15) is 52.6 Å². The summed E-state index contributed by atoms with van der Waals surface area (Å²) in [6, 6.07) is 11.2. The van der Waals surface area contributed by atoms with Crippen molar-refractivity contribution in [2.24, 2.45) is 0 Å². The number of nitrogens with one attached hydrogen (secondary N) is 1. The van der Waals surface area contributed by atoms with Crippen LogP contribution in [0.3, 0.4) is 0 Å². The minimum absolute atomic E-state index is 0.0951. The van der Waals surface area contributed by atoms with Gasteiger partial charge in [-0.05, 0) is 61.4 Å². The molecule has 2 heterocycles. The normalized spacial score (nSPS) is 17.5. The molecule has 2 amide bonds. The van der Waals surface area contributed by atoms with Gasteiger partial charge in [0.15, 0.2) is 0 Å². The van der Waals surface area contributed by atoms with Gasteiger partial charge < -0.3 is 10.2 Å². The van der Waals surface area contributed by atoms with E-state index in [0.29, 0.717) is 22.2 Å². The number of anilines is 1. The van der Waals surface area contributed by atoms with Gasteiger partial charge >= 0.3 is 0 Å². The zero-order valence-electron chi connectivity index (χ0n) is 13.8. The molecule has 0 bridgehead atoms. The van der Waals surface area contributed by atoms with Crippen LogP contribution in [0.5, 0.6) is 0 Å². The predicted octanol–water partition coefficient (Wildman–Crippen LogP) is 4.41. The first-order valence-corrected chi connectivity index (χ1v) is 9.33. The van der Waals surface area contributed by atoms with Crippen LogP contribution in [0.25, 0.3) is 0 Å². The number of piperidine rings is 1. The highest BCUT2D eigenvalue weighted by Gasteiger charge is 2.26. The van der Waals surface area contributed by atoms with Crippen molar-refractivity contribution < 1.29 is 9.59 Å². The van der Waals surface area contributed by atoms with Gasteiger partial charge in [0.05, 0.1) is 4.88 Å². The van der Waals surface area contributed by atoms with Crippen LogP contribution in [0.4, 0.5) is 5.69 Å². The van der Waals surface area contributed by atoms with Crippen molar-refractivity contribution in [2.75, 3.05) is 11.9 Å². The molecule has 1 aromatic carbocycles. The Morgan fingerprint density at radius 1 is 1.21 bits per heavy atom. The average Bonchev–Trinajstić information content (AvgIpc) is 3.16. The van der Waals surface area contributed by atoms with Gasteiger partial charge in [-0.15, -0.1) is 11.3 Å². The average molecular weight is 342 g/mol. The molecule has 126 valence electrons. The summed E-state index contributed by atoms with van der Waals surface area (Å²) in [4.78, 5) is 27.5.